The van der Waals surface area contributed by atoms with E-state index >= 15 is 0 Å². The average molecular weight is 997 g/mol. The van der Waals surface area contributed by atoms with Crippen LogP contribution in [-0.2, 0) is 14.4 Å². The summed E-state index contributed by atoms with van der Waals surface area (Å²) in [5, 5.41) is 8.85. The number of aliphatic imine (C=N–C) groups is 1. The van der Waals surface area contributed by atoms with Gasteiger partial charge in [-0.1, -0.05) is 6.42 Å². The minimum absolute atomic E-state index is 0.0232. The van der Waals surface area contributed by atoms with Crippen LogP contribution in [0.3, 0.4) is 0 Å². The van der Waals surface area contributed by atoms with Crippen molar-refractivity contribution in [1.82, 2.24) is 50.2 Å². The zero-order valence-electron chi connectivity index (χ0n) is 42.4. The molecule has 3 aromatic heterocycles. The van der Waals surface area contributed by atoms with E-state index in [9.17, 15) is 23.0 Å². The lowest BCUT2D eigenvalue weighted by molar-refractivity contribution is -0.123. The number of nitrogens with one attached hydrogen (secondary N) is 5. The molecule has 0 unspecified atom stereocenters. The number of H-pyrrole nitrogens is 2. The lowest BCUT2D eigenvalue weighted by Gasteiger charge is -2.34. The summed E-state index contributed by atoms with van der Waals surface area (Å²) in [6, 6.07) is 21.8. The third kappa shape index (κ3) is 14.5. The third-order valence-corrected chi connectivity index (χ3v) is 13.3. The molecule has 0 atom stereocenters. The molecule has 2 aliphatic heterocycles. The molecule has 0 aliphatic carbocycles. The maximum absolute atomic E-state index is 13.5. The van der Waals surface area contributed by atoms with Crippen LogP contribution in [0.5, 0.6) is 5.75 Å². The Balaban J connectivity index is 0.636. The number of ether oxygens (including phenoxy) is 1. The van der Waals surface area contributed by atoms with E-state index in [-0.39, 0.29) is 30.7 Å². The number of fused-ring (bicyclic) bond motifs is 2. The number of amides is 3. The Kier molecular flexibility index (Phi) is 17.9. The van der Waals surface area contributed by atoms with Crippen LogP contribution in [0.1, 0.15) is 68.3 Å². The van der Waals surface area contributed by atoms with Crippen molar-refractivity contribution >= 4 is 64.7 Å². The predicted octanol–water partition coefficient (Wildman–Crippen LogP) is 7.55. The quantitative estimate of drug-likeness (QED) is 0.0286. The number of halogens is 2. The van der Waals surface area contributed by atoms with Crippen LogP contribution < -0.4 is 25.6 Å². The average Bonchev–Trinajstić information content (AvgIpc) is 4.19. The molecule has 5 heterocycles. The molecule has 1 saturated heterocycles. The van der Waals surface area contributed by atoms with Crippen LogP contribution in [-0.4, -0.2) is 145 Å². The number of imidazole rings is 2. The molecule has 0 bridgehead atoms. The number of hydrogen-bond donors (Lipinski definition) is 5. The van der Waals surface area contributed by atoms with Gasteiger partial charge in [-0.25, -0.2) is 9.97 Å². The van der Waals surface area contributed by atoms with Crippen LogP contribution in [0, 0.1) is 13.8 Å². The number of aromatic amines is 2. The van der Waals surface area contributed by atoms with Crippen LogP contribution >= 0.6 is 0 Å². The second-order valence-corrected chi connectivity index (χ2v) is 19.1. The Morgan fingerprint density at radius 2 is 1.37 bits per heavy atom. The van der Waals surface area contributed by atoms with E-state index in [0.717, 1.165) is 132 Å². The van der Waals surface area contributed by atoms with Gasteiger partial charge in [0.15, 0.2) is 6.61 Å². The number of carbonyl (C=O) groups is 3. The SMILES string of the molecule is Cc1cc(C)n(B(F)F)c1/C=C1/C=CC(CCC(=O)NCCCCCC(=O)NCCCN(C)CCCNC(=O)COc2ccc(-c3nc4ccc(-c5nc6ccc(N7CCN(C)CC7)cc6[nH]5)cc4[nH]3)cc2)=N1. The maximum atomic E-state index is 13.5. The number of aromatic nitrogens is 5. The van der Waals surface area contributed by atoms with Crippen molar-refractivity contribution in [1.29, 1.82) is 0 Å². The lowest BCUT2D eigenvalue weighted by Crippen LogP contribution is -2.44. The van der Waals surface area contributed by atoms with Gasteiger partial charge in [0.25, 0.3) is 5.91 Å². The van der Waals surface area contributed by atoms with E-state index in [0.29, 0.717) is 55.3 Å². The summed E-state index contributed by atoms with van der Waals surface area (Å²) in [4.78, 5) is 65.4. The summed E-state index contributed by atoms with van der Waals surface area (Å²) in [5.41, 5.74) is 9.79. The highest BCUT2D eigenvalue weighted by Gasteiger charge is 2.24. The van der Waals surface area contributed by atoms with Gasteiger partial charge in [-0.3, -0.25) is 28.0 Å². The Morgan fingerprint density at radius 1 is 0.740 bits per heavy atom. The number of aryl methyl sites for hydroxylation is 2. The fourth-order valence-electron chi connectivity index (χ4n) is 9.16. The first-order valence-electron chi connectivity index (χ1n) is 25.4. The molecule has 384 valence electrons. The molecule has 8 rings (SSSR count). The zero-order chi connectivity index (χ0) is 51.3. The summed E-state index contributed by atoms with van der Waals surface area (Å²) in [5.74, 6) is 1.90. The van der Waals surface area contributed by atoms with Crippen molar-refractivity contribution in [2.24, 2.45) is 4.99 Å². The van der Waals surface area contributed by atoms with Gasteiger partial charge < -0.3 is 49.8 Å². The Hall–Kier alpha value is -7.12. The minimum Gasteiger partial charge on any atom is -0.484 e. The van der Waals surface area contributed by atoms with Gasteiger partial charge in [-0.05, 0) is 164 Å². The van der Waals surface area contributed by atoms with E-state index in [4.69, 9.17) is 14.7 Å². The summed E-state index contributed by atoms with van der Waals surface area (Å²) < 4.78 is 33.8. The molecule has 0 saturated carbocycles. The first kappa shape index (κ1) is 52.2. The third-order valence-electron chi connectivity index (χ3n) is 13.3. The fourth-order valence-corrected chi connectivity index (χ4v) is 9.16. The number of benzene rings is 3. The lowest BCUT2D eigenvalue weighted by atomic mass is 10.1. The van der Waals surface area contributed by atoms with Gasteiger partial charge in [0.1, 0.15) is 17.4 Å². The van der Waals surface area contributed by atoms with Crippen molar-refractivity contribution in [2.45, 2.75) is 65.2 Å². The fraction of sp³-hybridized carbons (Fsp3) is 0.407. The predicted molar refractivity (Wildman–Crippen MR) is 287 cm³/mol. The maximum Gasteiger partial charge on any atom is 0.677 e. The molecular weight excluding hydrogens is 929 g/mol. The molecule has 3 amide bonds. The number of piperazine rings is 1. The number of anilines is 1. The number of rotatable bonds is 25. The van der Waals surface area contributed by atoms with Crippen molar-refractivity contribution in [3.05, 3.63) is 102 Å². The van der Waals surface area contributed by atoms with Crippen molar-refractivity contribution in [3.63, 3.8) is 0 Å². The first-order valence-corrected chi connectivity index (χ1v) is 25.4. The van der Waals surface area contributed by atoms with E-state index in [1.54, 1.807) is 32.1 Å². The Labute approximate surface area is 425 Å². The summed E-state index contributed by atoms with van der Waals surface area (Å²) in [6.07, 6.45) is 10.4. The Bertz CT molecular complexity index is 2950. The van der Waals surface area contributed by atoms with Crippen LogP contribution in [0.25, 0.3) is 50.9 Å². The molecule has 0 spiro atoms. The molecule has 2 aliphatic rings. The normalized spacial score (nSPS) is 14.4. The highest BCUT2D eigenvalue weighted by atomic mass is 19.2. The Morgan fingerprint density at radius 3 is 2.08 bits per heavy atom. The monoisotopic (exact) mass is 997 g/mol. The number of likely N-dealkylation sites (N-methyl/N-ethyl adjacent to an activating group) is 1. The number of carbonyl (C=O) groups excluding carboxylic acids is 3. The standard InChI is InChI=1S/C54H67BF2N12O4/c1-37-32-38(2)69(55(56)57)49(37)34-42-15-14-41(61-42)16-22-51(71)58-23-7-5-6-10-50(70)59-24-8-26-66(3)27-9-25-60-52(72)36-73-44-18-11-39(12-19-44)53-62-45-20-13-40(33-47(45)64-53)54-63-46-21-17-43(35-48(46)65-54)68-30-28-67(4)29-31-68/h11-15,17-21,32-35H,5-10,16,22-31,36H2,1-4H3,(H,58,71)(H,59,70)(H,60,72)(H,62,64)(H,63,65)/b42-34-. The topological polar surface area (TPSA) is 181 Å². The highest BCUT2D eigenvalue weighted by molar-refractivity contribution is 6.41. The zero-order valence-corrected chi connectivity index (χ0v) is 42.4. The van der Waals surface area contributed by atoms with Crippen LogP contribution in [0.2, 0.25) is 0 Å². The van der Waals surface area contributed by atoms with E-state index < -0.39 is 7.40 Å². The van der Waals surface area contributed by atoms with Crippen LogP contribution in [0.4, 0.5) is 14.3 Å². The minimum atomic E-state index is -2.63. The molecule has 73 heavy (non-hydrogen) atoms. The van der Waals surface area contributed by atoms with E-state index in [1.165, 1.54) is 5.69 Å². The molecule has 1 fully saturated rings. The van der Waals surface area contributed by atoms with Gasteiger partial charge in [-0.2, -0.15) is 0 Å². The molecular formula is C54H67BF2N12O4. The summed E-state index contributed by atoms with van der Waals surface area (Å²) >= 11 is 0. The van der Waals surface area contributed by atoms with Crippen LogP contribution in [0.15, 0.2) is 89.6 Å². The summed E-state index contributed by atoms with van der Waals surface area (Å²) in [6.45, 7) is 10.8. The number of unbranched alkanes of at least 4 members (excludes halogenated alkanes) is 2. The molecule has 5 N–H and O–H groups in total. The smallest absolute Gasteiger partial charge is 0.484 e. The molecule has 19 heteroatoms. The van der Waals surface area contributed by atoms with Gasteiger partial charge in [0.2, 0.25) is 11.8 Å². The molecule has 3 aromatic carbocycles. The van der Waals surface area contributed by atoms with Crippen molar-refractivity contribution in [2.75, 3.05) is 84.5 Å². The van der Waals surface area contributed by atoms with Crippen molar-refractivity contribution < 1.29 is 27.8 Å². The first-order chi connectivity index (χ1) is 35.3. The van der Waals surface area contributed by atoms with Gasteiger partial charge in [0.05, 0.1) is 27.8 Å². The van der Waals surface area contributed by atoms with Gasteiger partial charge in [-0.15, -0.1) is 0 Å². The van der Waals surface area contributed by atoms with E-state index in [1.807, 2.05) is 49.5 Å². The number of hydrogen-bond acceptors (Lipinski definition) is 10. The number of allylic oxidation sites excluding steroid dienone is 2. The van der Waals surface area contributed by atoms with Gasteiger partial charge in [0, 0.05) is 92.6 Å². The second kappa shape index (κ2) is 25.0. The number of nitrogens with zero attached hydrogens (tertiary/aromatic N) is 7. The largest absolute Gasteiger partial charge is 0.677 e. The molecule has 16 nitrogen and oxygen atoms in total. The van der Waals surface area contributed by atoms with E-state index in [2.05, 4.69) is 76.9 Å². The highest BCUT2D eigenvalue weighted by Crippen LogP contribution is 2.29. The van der Waals surface area contributed by atoms with Gasteiger partial charge >= 0.3 is 7.40 Å². The molecule has 0 radical (unpaired) electrons. The second-order valence-electron chi connectivity index (χ2n) is 19.1. The molecule has 6 aromatic rings. The van der Waals surface area contributed by atoms with Crippen molar-refractivity contribution in [3.8, 4) is 28.5 Å². The summed E-state index contributed by atoms with van der Waals surface area (Å²) in [7, 11) is 1.56.